The van der Waals surface area contributed by atoms with E-state index in [1.165, 1.54) is 7.11 Å². The lowest BCUT2D eigenvalue weighted by Crippen LogP contribution is -2.32. The molecule has 1 aliphatic rings. The third-order valence-corrected chi connectivity index (χ3v) is 2.83. The van der Waals surface area contributed by atoms with Gasteiger partial charge in [0.1, 0.15) is 6.42 Å². The Balaban J connectivity index is 2.72. The van der Waals surface area contributed by atoms with Crippen LogP contribution in [-0.4, -0.2) is 43.8 Å². The molecule has 0 radical (unpaired) electrons. The highest BCUT2D eigenvalue weighted by atomic mass is 19.4. The van der Waals surface area contributed by atoms with Gasteiger partial charge in [0.25, 0.3) is 0 Å². The van der Waals surface area contributed by atoms with Gasteiger partial charge < -0.3 is 9.64 Å². The lowest BCUT2D eigenvalue weighted by Gasteiger charge is -2.19. The summed E-state index contributed by atoms with van der Waals surface area (Å²) in [6.45, 7) is -0.420. The van der Waals surface area contributed by atoms with Crippen molar-refractivity contribution < 1.29 is 22.7 Å². The molecule has 0 spiro atoms. The second kappa shape index (κ2) is 5.36. The van der Waals surface area contributed by atoms with Gasteiger partial charge in [-0.2, -0.15) is 18.4 Å². The van der Waals surface area contributed by atoms with Crippen LogP contribution < -0.4 is 0 Å². The molecule has 0 aliphatic carbocycles. The molecule has 0 bridgehead atoms. The van der Waals surface area contributed by atoms with E-state index < -0.39 is 23.9 Å². The number of ether oxygens (including phenoxy) is 1. The van der Waals surface area contributed by atoms with Crippen LogP contribution in [-0.2, 0) is 9.53 Å². The minimum Gasteiger partial charge on any atom is -0.384 e. The summed E-state index contributed by atoms with van der Waals surface area (Å²) in [7, 11) is 1.33. The third-order valence-electron chi connectivity index (χ3n) is 2.83. The molecule has 2 atom stereocenters. The minimum absolute atomic E-state index is 0.00146. The first-order valence-electron chi connectivity index (χ1n) is 5.10. The summed E-state index contributed by atoms with van der Waals surface area (Å²) in [6, 6.07) is 1.64. The van der Waals surface area contributed by atoms with Crippen LogP contribution in [0.3, 0.4) is 0 Å². The van der Waals surface area contributed by atoms with E-state index in [1.54, 1.807) is 6.07 Å². The van der Waals surface area contributed by atoms with Gasteiger partial charge in [-0.25, -0.2) is 0 Å². The Morgan fingerprint density at radius 2 is 2.18 bits per heavy atom. The number of likely N-dealkylation sites (tertiary alicyclic amines) is 1. The average Bonchev–Trinajstić information content (AvgIpc) is 2.62. The molecule has 1 aliphatic heterocycles. The Kier molecular flexibility index (Phi) is 4.34. The van der Waals surface area contributed by atoms with E-state index in [2.05, 4.69) is 0 Å². The van der Waals surface area contributed by atoms with Gasteiger partial charge in [0.15, 0.2) is 0 Å². The number of rotatable bonds is 3. The fourth-order valence-electron chi connectivity index (χ4n) is 2.01. The predicted octanol–water partition coefficient (Wildman–Crippen LogP) is 1.18. The second-order valence-corrected chi connectivity index (χ2v) is 4.00. The summed E-state index contributed by atoms with van der Waals surface area (Å²) >= 11 is 0. The molecule has 1 amide bonds. The van der Waals surface area contributed by atoms with Gasteiger partial charge in [-0.05, 0) is 0 Å². The van der Waals surface area contributed by atoms with Crippen LogP contribution in [0.4, 0.5) is 13.2 Å². The van der Waals surface area contributed by atoms with Crippen molar-refractivity contribution in [2.24, 2.45) is 11.8 Å². The molecule has 0 aromatic heterocycles. The normalized spacial score (nSPS) is 24.8. The molecule has 0 N–H and O–H groups in total. The molecule has 0 aromatic carbocycles. The van der Waals surface area contributed by atoms with Crippen molar-refractivity contribution in [3.8, 4) is 6.07 Å². The molecule has 1 rings (SSSR count). The van der Waals surface area contributed by atoms with Gasteiger partial charge >= 0.3 is 6.18 Å². The summed E-state index contributed by atoms with van der Waals surface area (Å²) in [6.07, 6.45) is -4.73. The Morgan fingerprint density at radius 1 is 1.53 bits per heavy atom. The number of alkyl halides is 3. The molecule has 0 saturated carbocycles. The molecule has 0 aromatic rings. The first-order valence-corrected chi connectivity index (χ1v) is 5.10. The zero-order chi connectivity index (χ0) is 13.1. The maximum atomic E-state index is 12.7. The Bertz CT molecular complexity index is 324. The van der Waals surface area contributed by atoms with E-state index in [1.807, 2.05) is 0 Å². The highest BCUT2D eigenvalue weighted by Crippen LogP contribution is 2.37. The van der Waals surface area contributed by atoms with Crippen molar-refractivity contribution in [1.82, 2.24) is 4.90 Å². The van der Waals surface area contributed by atoms with Gasteiger partial charge in [0.2, 0.25) is 5.91 Å². The number of methoxy groups -OCH3 is 1. The fraction of sp³-hybridized carbons (Fsp3) is 0.800. The monoisotopic (exact) mass is 250 g/mol. The summed E-state index contributed by atoms with van der Waals surface area (Å²) in [4.78, 5) is 12.5. The Hall–Kier alpha value is -1.29. The average molecular weight is 250 g/mol. The first kappa shape index (κ1) is 13.8. The quantitative estimate of drug-likeness (QED) is 0.755. The van der Waals surface area contributed by atoms with Crippen molar-refractivity contribution in [3.05, 3.63) is 0 Å². The zero-order valence-corrected chi connectivity index (χ0v) is 9.33. The SMILES string of the molecule is COC[C@@H]1CN(C(=O)CC#N)C[C@H]1C(F)(F)F. The largest absolute Gasteiger partial charge is 0.393 e. The summed E-state index contributed by atoms with van der Waals surface area (Å²) in [5.41, 5.74) is 0. The number of carbonyl (C=O) groups excluding carboxylic acids is 1. The highest BCUT2D eigenvalue weighted by Gasteiger charge is 2.50. The summed E-state index contributed by atoms with van der Waals surface area (Å²) < 4.78 is 42.8. The van der Waals surface area contributed by atoms with E-state index >= 15 is 0 Å². The topological polar surface area (TPSA) is 53.3 Å². The number of amides is 1. The standard InChI is InChI=1S/C10H13F3N2O2/c1-17-6-7-4-15(9(16)2-3-14)5-8(7)10(11,12)13/h7-8H,2,4-6H2,1H3/t7-,8+/m0/s1. The molecular weight excluding hydrogens is 237 g/mol. The molecule has 7 heteroatoms. The molecule has 1 saturated heterocycles. The van der Waals surface area contributed by atoms with Crippen molar-refractivity contribution in [3.63, 3.8) is 0 Å². The van der Waals surface area contributed by atoms with Gasteiger partial charge in [0, 0.05) is 26.1 Å². The van der Waals surface area contributed by atoms with Crippen molar-refractivity contribution in [2.45, 2.75) is 12.6 Å². The van der Waals surface area contributed by atoms with E-state index in [4.69, 9.17) is 10.00 Å². The molecular formula is C10H13F3N2O2. The Morgan fingerprint density at radius 3 is 2.65 bits per heavy atom. The molecule has 1 fully saturated rings. The maximum absolute atomic E-state index is 12.7. The Labute approximate surface area is 96.9 Å². The van der Waals surface area contributed by atoms with Gasteiger partial charge in [-0.15, -0.1) is 0 Å². The van der Waals surface area contributed by atoms with Crippen LogP contribution >= 0.6 is 0 Å². The number of hydrogen-bond donors (Lipinski definition) is 0. The molecule has 4 nitrogen and oxygen atoms in total. The molecule has 96 valence electrons. The van der Waals surface area contributed by atoms with Crippen LogP contribution in [0.1, 0.15) is 6.42 Å². The van der Waals surface area contributed by atoms with E-state index in [0.717, 1.165) is 4.90 Å². The first-order chi connectivity index (χ1) is 7.90. The summed E-state index contributed by atoms with van der Waals surface area (Å²) in [5, 5.41) is 8.35. The predicted molar refractivity (Wildman–Crippen MR) is 51.7 cm³/mol. The number of hydrogen-bond acceptors (Lipinski definition) is 3. The molecule has 0 unspecified atom stereocenters. The van der Waals surface area contributed by atoms with E-state index in [-0.39, 0.29) is 26.1 Å². The van der Waals surface area contributed by atoms with Crippen molar-refractivity contribution in [2.75, 3.05) is 26.8 Å². The third kappa shape index (κ3) is 3.33. The zero-order valence-electron chi connectivity index (χ0n) is 9.33. The molecule has 1 heterocycles. The van der Waals surface area contributed by atoms with Crippen LogP contribution in [0.2, 0.25) is 0 Å². The lowest BCUT2D eigenvalue weighted by atomic mass is 9.96. The number of nitrogens with zero attached hydrogens (tertiary/aromatic N) is 2. The number of nitriles is 1. The van der Waals surface area contributed by atoms with Crippen LogP contribution in [0, 0.1) is 23.2 Å². The van der Waals surface area contributed by atoms with E-state index in [9.17, 15) is 18.0 Å². The minimum atomic E-state index is -4.34. The fourth-order valence-corrected chi connectivity index (χ4v) is 2.01. The van der Waals surface area contributed by atoms with Crippen molar-refractivity contribution in [1.29, 1.82) is 5.26 Å². The number of carbonyl (C=O) groups is 1. The van der Waals surface area contributed by atoms with E-state index in [0.29, 0.717) is 0 Å². The van der Waals surface area contributed by atoms with Gasteiger partial charge in [0.05, 0.1) is 18.6 Å². The van der Waals surface area contributed by atoms with Crippen molar-refractivity contribution >= 4 is 5.91 Å². The van der Waals surface area contributed by atoms with Gasteiger partial charge in [-0.3, -0.25) is 4.79 Å². The smallest absolute Gasteiger partial charge is 0.384 e. The highest BCUT2D eigenvalue weighted by molar-refractivity contribution is 5.78. The molecule has 17 heavy (non-hydrogen) atoms. The number of halogens is 3. The summed E-state index contributed by atoms with van der Waals surface area (Å²) in [5.74, 6) is -2.87. The lowest BCUT2D eigenvalue weighted by molar-refractivity contribution is -0.183. The maximum Gasteiger partial charge on any atom is 0.393 e. The van der Waals surface area contributed by atoms with Gasteiger partial charge in [-0.1, -0.05) is 0 Å². The van der Waals surface area contributed by atoms with Crippen LogP contribution in [0.25, 0.3) is 0 Å². The second-order valence-electron chi connectivity index (χ2n) is 4.00. The van der Waals surface area contributed by atoms with Crippen LogP contribution in [0.15, 0.2) is 0 Å². The van der Waals surface area contributed by atoms with Crippen LogP contribution in [0.5, 0.6) is 0 Å².